The van der Waals surface area contributed by atoms with E-state index in [-0.39, 0.29) is 5.82 Å². The van der Waals surface area contributed by atoms with Crippen molar-refractivity contribution in [1.82, 2.24) is 4.90 Å². The van der Waals surface area contributed by atoms with E-state index in [9.17, 15) is 4.39 Å². The Morgan fingerprint density at radius 1 is 1.28 bits per heavy atom. The highest BCUT2D eigenvalue weighted by atomic mass is 19.1. The number of likely N-dealkylation sites (tertiary alicyclic amines) is 1. The molecule has 3 rings (SSSR count). The number of allylic oxidation sites excluding steroid dienone is 2. The molecule has 0 aliphatic carbocycles. The lowest BCUT2D eigenvalue weighted by Gasteiger charge is -2.36. The van der Waals surface area contributed by atoms with Crippen LogP contribution in [0.5, 0.6) is 5.75 Å². The van der Waals surface area contributed by atoms with Gasteiger partial charge in [0, 0.05) is 25.6 Å². The second-order valence-corrected chi connectivity index (χ2v) is 7.38. The lowest BCUT2D eigenvalue weighted by atomic mass is 10.0. The van der Waals surface area contributed by atoms with Crippen molar-refractivity contribution < 1.29 is 9.13 Å². The average molecular weight is 344 g/mol. The number of rotatable bonds is 5. The van der Waals surface area contributed by atoms with E-state index in [1.165, 1.54) is 25.0 Å². The minimum absolute atomic E-state index is 0.245. The summed E-state index contributed by atoms with van der Waals surface area (Å²) in [5.41, 5.74) is 2.28. The maximum atomic E-state index is 13.6. The molecule has 1 aromatic carbocycles. The Labute approximate surface area is 150 Å². The Hall–Kier alpha value is -1.97. The van der Waals surface area contributed by atoms with Gasteiger partial charge in [-0.3, -0.25) is 0 Å². The Balaban J connectivity index is 1.79. The number of nitrogens with zero attached hydrogens (tertiary/aromatic N) is 1. The monoisotopic (exact) mass is 344 g/mol. The fraction of sp³-hybridized carbons (Fsp3) is 0.524. The third-order valence-corrected chi connectivity index (χ3v) is 4.73. The molecule has 1 N–H and O–H groups in total. The maximum Gasteiger partial charge on any atom is 0.150 e. The number of fused-ring (bicyclic) bond motifs is 1. The number of hydrogen-bond acceptors (Lipinski definition) is 3. The zero-order chi connectivity index (χ0) is 17.8. The molecule has 0 unspecified atom stereocenters. The molecule has 25 heavy (non-hydrogen) atoms. The van der Waals surface area contributed by atoms with Gasteiger partial charge < -0.3 is 15.0 Å². The van der Waals surface area contributed by atoms with Crippen LogP contribution in [0.25, 0.3) is 0 Å². The van der Waals surface area contributed by atoms with E-state index in [2.05, 4.69) is 37.1 Å². The number of ether oxygens (including phenoxy) is 1. The topological polar surface area (TPSA) is 24.5 Å². The number of piperidine rings is 1. The van der Waals surface area contributed by atoms with Crippen LogP contribution in [0.15, 0.2) is 41.4 Å². The Kier molecular flexibility index (Phi) is 5.67. The van der Waals surface area contributed by atoms with Gasteiger partial charge in [0.2, 0.25) is 0 Å². The molecule has 4 heteroatoms. The highest BCUT2D eigenvalue weighted by Crippen LogP contribution is 2.37. The highest BCUT2D eigenvalue weighted by Gasteiger charge is 2.26. The summed E-state index contributed by atoms with van der Waals surface area (Å²) >= 11 is 0. The van der Waals surface area contributed by atoms with Crippen LogP contribution >= 0.6 is 0 Å². The largest absolute Gasteiger partial charge is 0.456 e. The van der Waals surface area contributed by atoms with Gasteiger partial charge in [-0.2, -0.15) is 0 Å². The molecular formula is C21H29FN2O. The summed E-state index contributed by atoms with van der Waals surface area (Å²) in [6.07, 6.45) is 7.83. The van der Waals surface area contributed by atoms with Crippen molar-refractivity contribution in [3.8, 4) is 5.75 Å². The zero-order valence-corrected chi connectivity index (χ0v) is 15.6. The van der Waals surface area contributed by atoms with Crippen LogP contribution in [0.4, 0.5) is 10.1 Å². The lowest BCUT2D eigenvalue weighted by Crippen LogP contribution is -2.36. The predicted molar refractivity (Wildman–Crippen MR) is 101 cm³/mol. The van der Waals surface area contributed by atoms with Crippen molar-refractivity contribution in [3.63, 3.8) is 0 Å². The molecule has 0 spiro atoms. The second-order valence-electron chi connectivity index (χ2n) is 7.38. The Morgan fingerprint density at radius 3 is 2.72 bits per heavy atom. The molecule has 2 aliphatic rings. The minimum Gasteiger partial charge on any atom is -0.456 e. The van der Waals surface area contributed by atoms with Gasteiger partial charge in [0.1, 0.15) is 17.4 Å². The smallest absolute Gasteiger partial charge is 0.150 e. The normalized spacial score (nSPS) is 17.3. The Bertz CT molecular complexity index is 668. The summed E-state index contributed by atoms with van der Waals surface area (Å²) in [5.74, 6) is 2.95. The SMILES string of the molecule is CCCC=C1CCN(C2=C(CC(C)C)Oc3ccc(F)cc3N2)CC1. The molecule has 1 fully saturated rings. The quantitative estimate of drug-likeness (QED) is 0.697. The summed E-state index contributed by atoms with van der Waals surface area (Å²) in [6, 6.07) is 4.67. The van der Waals surface area contributed by atoms with Crippen LogP contribution in [0.1, 0.15) is 52.9 Å². The highest BCUT2D eigenvalue weighted by molar-refractivity contribution is 5.62. The molecule has 0 aromatic heterocycles. The van der Waals surface area contributed by atoms with Gasteiger partial charge in [0.05, 0.1) is 5.69 Å². The molecule has 1 aromatic rings. The van der Waals surface area contributed by atoms with Gasteiger partial charge in [-0.15, -0.1) is 0 Å². The van der Waals surface area contributed by atoms with E-state index >= 15 is 0 Å². The molecule has 0 bridgehead atoms. The molecule has 0 atom stereocenters. The van der Waals surface area contributed by atoms with E-state index in [1.54, 1.807) is 11.6 Å². The first-order chi connectivity index (χ1) is 12.1. The summed E-state index contributed by atoms with van der Waals surface area (Å²) in [5, 5.41) is 3.44. The summed E-state index contributed by atoms with van der Waals surface area (Å²) in [4.78, 5) is 2.36. The van der Waals surface area contributed by atoms with Crippen molar-refractivity contribution in [2.45, 2.75) is 52.9 Å². The first-order valence-corrected chi connectivity index (χ1v) is 9.47. The minimum atomic E-state index is -0.245. The van der Waals surface area contributed by atoms with Crippen LogP contribution < -0.4 is 10.1 Å². The first kappa shape index (κ1) is 17.8. The lowest BCUT2D eigenvalue weighted by molar-refractivity contribution is 0.279. The number of unbranched alkanes of at least 4 members (excludes halogenated alkanes) is 1. The summed E-state index contributed by atoms with van der Waals surface area (Å²) in [6.45, 7) is 8.56. The van der Waals surface area contributed by atoms with Gasteiger partial charge in [-0.25, -0.2) is 4.39 Å². The van der Waals surface area contributed by atoms with Gasteiger partial charge in [0.25, 0.3) is 0 Å². The molecule has 3 nitrogen and oxygen atoms in total. The third kappa shape index (κ3) is 4.36. The van der Waals surface area contributed by atoms with Gasteiger partial charge >= 0.3 is 0 Å². The number of halogens is 1. The van der Waals surface area contributed by atoms with Crippen LogP contribution in [-0.4, -0.2) is 18.0 Å². The van der Waals surface area contributed by atoms with Gasteiger partial charge in [-0.1, -0.05) is 38.8 Å². The Morgan fingerprint density at radius 2 is 2.04 bits per heavy atom. The second kappa shape index (κ2) is 7.94. The first-order valence-electron chi connectivity index (χ1n) is 9.47. The molecular weight excluding hydrogens is 315 g/mol. The predicted octanol–water partition coefficient (Wildman–Crippen LogP) is 5.67. The van der Waals surface area contributed by atoms with Gasteiger partial charge in [0.15, 0.2) is 5.75 Å². The third-order valence-electron chi connectivity index (χ3n) is 4.73. The number of hydrogen-bond donors (Lipinski definition) is 1. The van der Waals surface area contributed by atoms with Crippen molar-refractivity contribution in [2.75, 3.05) is 18.4 Å². The van der Waals surface area contributed by atoms with Crippen molar-refractivity contribution in [1.29, 1.82) is 0 Å². The van der Waals surface area contributed by atoms with Gasteiger partial charge in [-0.05, 0) is 37.3 Å². The molecule has 2 heterocycles. The van der Waals surface area contributed by atoms with E-state index in [1.807, 2.05) is 0 Å². The number of benzene rings is 1. The molecule has 136 valence electrons. The number of nitrogens with one attached hydrogen (secondary N) is 1. The molecule has 1 saturated heterocycles. The summed E-state index contributed by atoms with van der Waals surface area (Å²) < 4.78 is 19.8. The van der Waals surface area contributed by atoms with E-state index in [0.717, 1.165) is 49.6 Å². The van der Waals surface area contributed by atoms with Crippen molar-refractivity contribution in [2.24, 2.45) is 5.92 Å². The van der Waals surface area contributed by atoms with Crippen LogP contribution in [0, 0.1) is 11.7 Å². The van der Waals surface area contributed by atoms with Crippen molar-refractivity contribution >= 4 is 5.69 Å². The summed E-state index contributed by atoms with van der Waals surface area (Å²) in [7, 11) is 0. The fourth-order valence-corrected chi connectivity index (χ4v) is 3.40. The zero-order valence-electron chi connectivity index (χ0n) is 15.6. The van der Waals surface area contributed by atoms with E-state index in [0.29, 0.717) is 11.7 Å². The molecule has 0 radical (unpaired) electrons. The molecule has 0 saturated carbocycles. The maximum absolute atomic E-state index is 13.6. The van der Waals surface area contributed by atoms with E-state index in [4.69, 9.17) is 4.74 Å². The molecule has 0 amide bonds. The van der Waals surface area contributed by atoms with Crippen LogP contribution in [-0.2, 0) is 0 Å². The van der Waals surface area contributed by atoms with Crippen LogP contribution in [0.2, 0.25) is 0 Å². The average Bonchev–Trinajstić information content (AvgIpc) is 2.59. The van der Waals surface area contributed by atoms with Crippen molar-refractivity contribution in [3.05, 3.63) is 47.2 Å². The van der Waals surface area contributed by atoms with E-state index < -0.39 is 0 Å². The standard InChI is InChI=1S/C21H29FN2O/c1-4-5-6-16-9-11-24(12-10-16)21-20(13-15(2)3)25-19-8-7-17(22)14-18(19)23-21/h6-8,14-15,23H,4-5,9-13H2,1-3H3. The fourth-order valence-electron chi connectivity index (χ4n) is 3.40. The molecule has 2 aliphatic heterocycles. The number of anilines is 1. The van der Waals surface area contributed by atoms with Crippen LogP contribution in [0.3, 0.4) is 0 Å².